The van der Waals surface area contributed by atoms with Crippen molar-refractivity contribution in [2.75, 3.05) is 31.2 Å². The molecule has 1 unspecified atom stereocenters. The first-order chi connectivity index (χ1) is 14.0. The number of sulfonamides is 1. The van der Waals surface area contributed by atoms with E-state index in [1.807, 2.05) is 38.1 Å². The van der Waals surface area contributed by atoms with Crippen molar-refractivity contribution in [1.82, 2.24) is 10.2 Å². The van der Waals surface area contributed by atoms with E-state index in [0.29, 0.717) is 17.7 Å². The number of anilines is 1. The molecule has 7 nitrogen and oxygen atoms in total. The van der Waals surface area contributed by atoms with Gasteiger partial charge in [-0.3, -0.25) is 13.9 Å². The highest BCUT2D eigenvalue weighted by Crippen LogP contribution is 2.20. The smallest absolute Gasteiger partial charge is 0.253 e. The van der Waals surface area contributed by atoms with E-state index >= 15 is 0 Å². The van der Waals surface area contributed by atoms with Crippen LogP contribution >= 0.6 is 0 Å². The Hall–Kier alpha value is -2.87. The van der Waals surface area contributed by atoms with E-state index in [2.05, 4.69) is 5.32 Å². The molecule has 0 bridgehead atoms. The van der Waals surface area contributed by atoms with Gasteiger partial charge in [-0.2, -0.15) is 0 Å². The summed E-state index contributed by atoms with van der Waals surface area (Å²) in [5, 5.41) is 2.91. The van der Waals surface area contributed by atoms with Crippen molar-refractivity contribution in [1.29, 1.82) is 0 Å². The summed E-state index contributed by atoms with van der Waals surface area (Å²) in [6.45, 7) is 3.60. The average Bonchev–Trinajstić information content (AvgIpc) is 2.69. The number of amides is 2. The molecule has 8 heteroatoms. The summed E-state index contributed by atoms with van der Waals surface area (Å²) in [5.74, 6) is -0.588. The quantitative estimate of drug-likeness (QED) is 0.696. The molecule has 30 heavy (non-hydrogen) atoms. The fourth-order valence-corrected chi connectivity index (χ4v) is 3.88. The predicted octanol–water partition coefficient (Wildman–Crippen LogP) is 2.73. The molecule has 0 aromatic heterocycles. The highest BCUT2D eigenvalue weighted by atomic mass is 32.2. The molecule has 0 heterocycles. The monoisotopic (exact) mass is 431 g/mol. The number of carbonyl (C=O) groups excluding carboxylic acids is 2. The van der Waals surface area contributed by atoms with E-state index < -0.39 is 15.9 Å². The Morgan fingerprint density at radius 2 is 1.57 bits per heavy atom. The molecule has 0 aliphatic heterocycles. The zero-order valence-corrected chi connectivity index (χ0v) is 18.9. The van der Waals surface area contributed by atoms with E-state index in [4.69, 9.17) is 0 Å². The maximum absolute atomic E-state index is 12.7. The van der Waals surface area contributed by atoms with Crippen LogP contribution < -0.4 is 9.62 Å². The van der Waals surface area contributed by atoms with Crippen molar-refractivity contribution in [2.45, 2.75) is 26.3 Å². The Morgan fingerprint density at radius 3 is 2.03 bits per heavy atom. The van der Waals surface area contributed by atoms with Crippen LogP contribution in [0.15, 0.2) is 48.5 Å². The van der Waals surface area contributed by atoms with Crippen LogP contribution in [0.1, 0.15) is 40.9 Å². The molecule has 0 fully saturated rings. The van der Waals surface area contributed by atoms with Crippen molar-refractivity contribution in [3.8, 4) is 0 Å². The number of benzene rings is 2. The Bertz CT molecular complexity index is 984. The third-order valence-electron chi connectivity index (χ3n) is 4.72. The minimum absolute atomic E-state index is 0.186. The van der Waals surface area contributed by atoms with Gasteiger partial charge >= 0.3 is 0 Å². The van der Waals surface area contributed by atoms with Gasteiger partial charge in [0.2, 0.25) is 15.9 Å². The van der Waals surface area contributed by atoms with Crippen LogP contribution in [-0.2, 0) is 14.8 Å². The van der Waals surface area contributed by atoms with E-state index in [0.717, 1.165) is 21.7 Å². The standard InChI is InChI=1S/C22H29N3O4S/c1-6-20(17-9-7-16(2)8-10-17)23-21(26)15-25(30(5,28)29)19-13-11-18(12-14-19)22(27)24(3)4/h7-14,20H,6,15H2,1-5H3,(H,23,26). The Labute approximate surface area is 178 Å². The summed E-state index contributed by atoms with van der Waals surface area (Å²) in [7, 11) is -0.417. The van der Waals surface area contributed by atoms with Gasteiger partial charge in [-0.15, -0.1) is 0 Å². The lowest BCUT2D eigenvalue weighted by molar-refractivity contribution is -0.120. The van der Waals surface area contributed by atoms with Crippen LogP contribution in [0.2, 0.25) is 0 Å². The van der Waals surface area contributed by atoms with Gasteiger partial charge in [0.05, 0.1) is 18.0 Å². The van der Waals surface area contributed by atoms with Crippen LogP contribution in [0.25, 0.3) is 0 Å². The molecule has 0 spiro atoms. The molecule has 0 radical (unpaired) electrons. The summed E-state index contributed by atoms with van der Waals surface area (Å²) in [5.41, 5.74) is 2.85. The number of nitrogens with one attached hydrogen (secondary N) is 1. The first-order valence-electron chi connectivity index (χ1n) is 9.68. The number of carbonyl (C=O) groups is 2. The van der Waals surface area contributed by atoms with Gasteiger partial charge in [0, 0.05) is 19.7 Å². The number of rotatable bonds is 8. The largest absolute Gasteiger partial charge is 0.348 e. The maximum atomic E-state index is 12.7. The van der Waals surface area contributed by atoms with Gasteiger partial charge < -0.3 is 10.2 Å². The summed E-state index contributed by atoms with van der Waals surface area (Å²) in [6.07, 6.45) is 1.73. The lowest BCUT2D eigenvalue weighted by atomic mass is 10.0. The summed E-state index contributed by atoms with van der Waals surface area (Å²) >= 11 is 0. The van der Waals surface area contributed by atoms with Crippen LogP contribution in [0.3, 0.4) is 0 Å². The SMILES string of the molecule is CCC(NC(=O)CN(c1ccc(C(=O)N(C)C)cc1)S(C)(=O)=O)c1ccc(C)cc1. The normalized spacial score (nSPS) is 12.2. The minimum atomic E-state index is -3.70. The van der Waals surface area contributed by atoms with Gasteiger partial charge in [0.25, 0.3) is 5.91 Å². The van der Waals surface area contributed by atoms with Crippen molar-refractivity contribution >= 4 is 27.5 Å². The van der Waals surface area contributed by atoms with Gasteiger partial charge in [-0.05, 0) is 43.2 Å². The van der Waals surface area contributed by atoms with Gasteiger partial charge in [-0.1, -0.05) is 36.8 Å². The summed E-state index contributed by atoms with van der Waals surface area (Å²) in [4.78, 5) is 26.1. The topological polar surface area (TPSA) is 86.8 Å². The van der Waals surface area contributed by atoms with Crippen molar-refractivity contribution < 1.29 is 18.0 Å². The van der Waals surface area contributed by atoms with Crippen molar-refractivity contribution in [2.24, 2.45) is 0 Å². The molecule has 2 amide bonds. The third-order valence-corrected chi connectivity index (χ3v) is 5.86. The number of nitrogens with zero attached hydrogens (tertiary/aromatic N) is 2. The van der Waals surface area contributed by atoms with Crippen LogP contribution in [0.5, 0.6) is 0 Å². The number of aryl methyl sites for hydroxylation is 1. The fourth-order valence-electron chi connectivity index (χ4n) is 3.02. The lowest BCUT2D eigenvalue weighted by Crippen LogP contribution is -2.41. The number of hydrogen-bond donors (Lipinski definition) is 1. The Morgan fingerprint density at radius 1 is 1.00 bits per heavy atom. The summed E-state index contributed by atoms with van der Waals surface area (Å²) in [6, 6.07) is 13.8. The fraction of sp³-hybridized carbons (Fsp3) is 0.364. The second-order valence-electron chi connectivity index (χ2n) is 7.46. The molecule has 0 saturated heterocycles. The molecule has 0 aliphatic carbocycles. The highest BCUT2D eigenvalue weighted by Gasteiger charge is 2.23. The zero-order valence-electron chi connectivity index (χ0n) is 18.0. The molecule has 2 aromatic rings. The number of hydrogen-bond acceptors (Lipinski definition) is 4. The molecular formula is C22H29N3O4S. The van der Waals surface area contributed by atoms with Gasteiger partial charge in [-0.25, -0.2) is 8.42 Å². The van der Waals surface area contributed by atoms with E-state index in [9.17, 15) is 18.0 Å². The molecule has 1 atom stereocenters. The van der Waals surface area contributed by atoms with E-state index in [1.165, 1.54) is 17.0 Å². The van der Waals surface area contributed by atoms with Crippen molar-refractivity contribution in [3.63, 3.8) is 0 Å². The Kier molecular flexibility index (Phi) is 7.61. The van der Waals surface area contributed by atoms with Crippen LogP contribution in [0.4, 0.5) is 5.69 Å². The first kappa shape index (κ1) is 23.4. The average molecular weight is 432 g/mol. The van der Waals surface area contributed by atoms with E-state index in [1.54, 1.807) is 26.2 Å². The first-order valence-corrected chi connectivity index (χ1v) is 11.5. The lowest BCUT2D eigenvalue weighted by Gasteiger charge is -2.24. The van der Waals surface area contributed by atoms with Gasteiger partial charge in [0.1, 0.15) is 6.54 Å². The molecule has 2 rings (SSSR count). The second kappa shape index (κ2) is 9.75. The summed E-state index contributed by atoms with van der Waals surface area (Å²) < 4.78 is 25.7. The van der Waals surface area contributed by atoms with Gasteiger partial charge in [0.15, 0.2) is 0 Å². The second-order valence-corrected chi connectivity index (χ2v) is 9.36. The molecule has 0 aliphatic rings. The van der Waals surface area contributed by atoms with E-state index in [-0.39, 0.29) is 18.5 Å². The predicted molar refractivity (Wildman–Crippen MR) is 119 cm³/mol. The minimum Gasteiger partial charge on any atom is -0.348 e. The molecule has 162 valence electrons. The van der Waals surface area contributed by atoms with Crippen LogP contribution in [-0.4, -0.2) is 52.0 Å². The van der Waals surface area contributed by atoms with Crippen molar-refractivity contribution in [3.05, 3.63) is 65.2 Å². The maximum Gasteiger partial charge on any atom is 0.253 e. The Balaban J connectivity index is 2.19. The highest BCUT2D eigenvalue weighted by molar-refractivity contribution is 7.92. The molecule has 0 saturated carbocycles. The zero-order chi connectivity index (χ0) is 22.5. The molecule has 2 aromatic carbocycles. The molecule has 1 N–H and O–H groups in total. The van der Waals surface area contributed by atoms with Crippen LogP contribution in [0, 0.1) is 6.92 Å². The molecular weight excluding hydrogens is 402 g/mol. The third kappa shape index (κ3) is 6.06.